The minimum atomic E-state index is -0.924. The largest absolute Gasteiger partial charge is 0.492 e. The van der Waals surface area contributed by atoms with Gasteiger partial charge in [-0.3, -0.25) is 0 Å². The van der Waals surface area contributed by atoms with E-state index in [1.54, 1.807) is 18.2 Å². The lowest BCUT2D eigenvalue weighted by atomic mass is 10.2. The van der Waals surface area contributed by atoms with Crippen molar-refractivity contribution in [1.82, 2.24) is 9.97 Å². The summed E-state index contributed by atoms with van der Waals surface area (Å²) in [6, 6.07) is 7.37. The van der Waals surface area contributed by atoms with Crippen molar-refractivity contribution in [3.63, 3.8) is 0 Å². The number of nitrogens with two attached hydrogens (primary N) is 1. The molecule has 0 aliphatic heterocycles. The standard InChI is InChI=1S/C15H13F2N3O/c1-2-21-14-4-3-8(5-11(14)18)15-19-12-6-9(16)10(17)7-13(12)20-15/h3-7H,2,18H2,1H3,(H,19,20). The Labute approximate surface area is 119 Å². The molecule has 1 aromatic heterocycles. The van der Waals surface area contributed by atoms with Gasteiger partial charge in [-0.25, -0.2) is 13.8 Å². The Kier molecular flexibility index (Phi) is 3.21. The highest BCUT2D eigenvalue weighted by molar-refractivity contribution is 5.80. The summed E-state index contributed by atoms with van der Waals surface area (Å²) in [4.78, 5) is 7.19. The fraction of sp³-hybridized carbons (Fsp3) is 0.133. The molecule has 0 radical (unpaired) electrons. The van der Waals surface area contributed by atoms with Gasteiger partial charge in [0.25, 0.3) is 0 Å². The number of imidazole rings is 1. The molecule has 0 fully saturated rings. The molecule has 0 aliphatic rings. The van der Waals surface area contributed by atoms with Crippen molar-refractivity contribution in [2.24, 2.45) is 0 Å². The van der Waals surface area contributed by atoms with Crippen LogP contribution in [0.2, 0.25) is 0 Å². The molecule has 1 heterocycles. The van der Waals surface area contributed by atoms with Crippen LogP contribution in [0.25, 0.3) is 22.4 Å². The smallest absolute Gasteiger partial charge is 0.161 e. The molecule has 4 nitrogen and oxygen atoms in total. The van der Waals surface area contributed by atoms with Crippen LogP contribution in [-0.2, 0) is 0 Å². The van der Waals surface area contributed by atoms with E-state index in [-0.39, 0.29) is 0 Å². The number of rotatable bonds is 3. The second-order valence-electron chi connectivity index (χ2n) is 4.55. The first-order chi connectivity index (χ1) is 10.1. The number of nitrogen functional groups attached to an aromatic ring is 1. The Bertz CT molecular complexity index is 775. The maximum Gasteiger partial charge on any atom is 0.161 e. The van der Waals surface area contributed by atoms with E-state index in [0.717, 1.165) is 12.1 Å². The number of benzene rings is 2. The van der Waals surface area contributed by atoms with E-state index in [9.17, 15) is 8.78 Å². The van der Waals surface area contributed by atoms with Gasteiger partial charge < -0.3 is 15.5 Å². The Balaban J connectivity index is 2.06. The minimum Gasteiger partial charge on any atom is -0.492 e. The van der Waals surface area contributed by atoms with Crippen LogP contribution < -0.4 is 10.5 Å². The third-order valence-corrected chi connectivity index (χ3v) is 3.11. The maximum absolute atomic E-state index is 13.2. The third-order valence-electron chi connectivity index (χ3n) is 3.11. The Morgan fingerprint density at radius 3 is 2.67 bits per heavy atom. The highest BCUT2D eigenvalue weighted by atomic mass is 19.2. The lowest BCUT2D eigenvalue weighted by molar-refractivity contribution is 0.342. The molecule has 6 heteroatoms. The number of nitrogens with one attached hydrogen (secondary N) is 1. The molecule has 0 aliphatic carbocycles. The quantitative estimate of drug-likeness (QED) is 0.725. The van der Waals surface area contributed by atoms with Crippen LogP contribution in [0, 0.1) is 11.6 Å². The molecule has 0 spiro atoms. The topological polar surface area (TPSA) is 63.9 Å². The van der Waals surface area contributed by atoms with Crippen molar-refractivity contribution >= 4 is 16.7 Å². The molecule has 0 amide bonds. The molecule has 0 unspecified atom stereocenters. The van der Waals surface area contributed by atoms with E-state index in [2.05, 4.69) is 9.97 Å². The highest BCUT2D eigenvalue weighted by Gasteiger charge is 2.11. The predicted molar refractivity (Wildman–Crippen MR) is 77.0 cm³/mol. The van der Waals surface area contributed by atoms with Crippen LogP contribution in [-0.4, -0.2) is 16.6 Å². The second kappa shape index (κ2) is 5.05. The normalized spacial score (nSPS) is 11.0. The summed E-state index contributed by atoms with van der Waals surface area (Å²) in [5, 5.41) is 0. The van der Waals surface area contributed by atoms with Crippen LogP contribution in [0.15, 0.2) is 30.3 Å². The van der Waals surface area contributed by atoms with Gasteiger partial charge in [-0.15, -0.1) is 0 Å². The van der Waals surface area contributed by atoms with Gasteiger partial charge in [0.05, 0.1) is 23.3 Å². The van der Waals surface area contributed by atoms with Gasteiger partial charge in [-0.05, 0) is 25.1 Å². The SMILES string of the molecule is CCOc1ccc(-c2nc3cc(F)c(F)cc3[nH]2)cc1N. The summed E-state index contributed by atoms with van der Waals surface area (Å²) in [7, 11) is 0. The number of anilines is 1. The number of nitrogens with zero attached hydrogens (tertiary/aromatic N) is 1. The second-order valence-corrected chi connectivity index (χ2v) is 4.55. The van der Waals surface area contributed by atoms with E-state index in [4.69, 9.17) is 10.5 Å². The molecule has 3 aromatic rings. The lowest BCUT2D eigenvalue weighted by Gasteiger charge is -2.07. The molecule has 108 valence electrons. The number of hydrogen-bond acceptors (Lipinski definition) is 3. The number of halogens is 2. The van der Waals surface area contributed by atoms with Crippen LogP contribution in [0.1, 0.15) is 6.92 Å². The number of ether oxygens (including phenoxy) is 1. The predicted octanol–water partition coefficient (Wildman–Crippen LogP) is 3.49. The number of H-pyrrole nitrogens is 1. The van der Waals surface area contributed by atoms with Gasteiger partial charge in [0.2, 0.25) is 0 Å². The molecule has 0 saturated heterocycles. The molecule has 3 N–H and O–H groups in total. The average Bonchev–Trinajstić information content (AvgIpc) is 2.84. The van der Waals surface area contributed by atoms with Gasteiger partial charge in [0.1, 0.15) is 11.6 Å². The molecule has 0 saturated carbocycles. The Morgan fingerprint density at radius 2 is 1.95 bits per heavy atom. The highest BCUT2D eigenvalue weighted by Crippen LogP contribution is 2.28. The van der Waals surface area contributed by atoms with Crippen LogP contribution in [0.5, 0.6) is 5.75 Å². The van der Waals surface area contributed by atoms with E-state index in [1.165, 1.54) is 0 Å². The summed E-state index contributed by atoms with van der Waals surface area (Å²) in [5.74, 6) is -0.755. The van der Waals surface area contributed by atoms with Crippen molar-refractivity contribution in [2.45, 2.75) is 6.92 Å². The summed E-state index contributed by atoms with van der Waals surface area (Å²) in [6.07, 6.45) is 0. The summed E-state index contributed by atoms with van der Waals surface area (Å²) in [5.41, 5.74) is 7.88. The first kappa shape index (κ1) is 13.4. The van der Waals surface area contributed by atoms with Crippen LogP contribution in [0.3, 0.4) is 0 Å². The third kappa shape index (κ3) is 2.40. The van der Waals surface area contributed by atoms with Gasteiger partial charge in [-0.1, -0.05) is 0 Å². The number of aromatic amines is 1. The first-order valence-electron chi connectivity index (χ1n) is 6.46. The van der Waals surface area contributed by atoms with E-state index in [1.807, 2.05) is 6.92 Å². The van der Waals surface area contributed by atoms with Crippen LogP contribution >= 0.6 is 0 Å². The zero-order valence-corrected chi connectivity index (χ0v) is 11.3. The van der Waals surface area contributed by atoms with E-state index in [0.29, 0.717) is 40.5 Å². The van der Waals surface area contributed by atoms with Gasteiger partial charge in [-0.2, -0.15) is 0 Å². The zero-order chi connectivity index (χ0) is 15.0. The molecule has 3 rings (SSSR count). The molecule has 0 atom stereocenters. The van der Waals surface area contributed by atoms with E-state index < -0.39 is 11.6 Å². The van der Waals surface area contributed by atoms with Crippen molar-refractivity contribution in [3.8, 4) is 17.1 Å². The first-order valence-corrected chi connectivity index (χ1v) is 6.46. The molecular formula is C15H13F2N3O. The van der Waals surface area contributed by atoms with Gasteiger partial charge >= 0.3 is 0 Å². The molecule has 2 aromatic carbocycles. The number of hydrogen-bond donors (Lipinski definition) is 2. The molecule has 21 heavy (non-hydrogen) atoms. The van der Waals surface area contributed by atoms with Crippen LogP contribution in [0.4, 0.5) is 14.5 Å². The Hall–Kier alpha value is -2.63. The summed E-state index contributed by atoms with van der Waals surface area (Å²) >= 11 is 0. The zero-order valence-electron chi connectivity index (χ0n) is 11.3. The molecular weight excluding hydrogens is 276 g/mol. The molecule has 0 bridgehead atoms. The van der Waals surface area contributed by atoms with Crippen molar-refractivity contribution in [3.05, 3.63) is 42.0 Å². The van der Waals surface area contributed by atoms with Gasteiger partial charge in [0.15, 0.2) is 11.6 Å². The van der Waals surface area contributed by atoms with Crippen molar-refractivity contribution in [1.29, 1.82) is 0 Å². The average molecular weight is 289 g/mol. The maximum atomic E-state index is 13.2. The van der Waals surface area contributed by atoms with Crippen molar-refractivity contribution < 1.29 is 13.5 Å². The summed E-state index contributed by atoms with van der Waals surface area (Å²) in [6.45, 7) is 2.39. The number of fused-ring (bicyclic) bond motifs is 1. The van der Waals surface area contributed by atoms with Gasteiger partial charge in [0, 0.05) is 17.7 Å². The Morgan fingerprint density at radius 1 is 1.19 bits per heavy atom. The monoisotopic (exact) mass is 289 g/mol. The van der Waals surface area contributed by atoms with E-state index >= 15 is 0 Å². The minimum absolute atomic E-state index is 0.358. The summed E-state index contributed by atoms with van der Waals surface area (Å²) < 4.78 is 31.8. The number of aromatic nitrogens is 2. The van der Waals surface area contributed by atoms with Crippen molar-refractivity contribution in [2.75, 3.05) is 12.3 Å². The fourth-order valence-electron chi connectivity index (χ4n) is 2.12. The lowest BCUT2D eigenvalue weighted by Crippen LogP contribution is -1.97. The fourth-order valence-corrected chi connectivity index (χ4v) is 2.12.